The lowest BCUT2D eigenvalue weighted by atomic mass is 9.89. The average Bonchev–Trinajstić information content (AvgIpc) is 3.00. The molecule has 0 radical (unpaired) electrons. The molecular weight excluding hydrogens is 268 g/mol. The first-order valence-electron chi connectivity index (χ1n) is 8.43. The Kier molecular flexibility index (Phi) is 7.40. The Morgan fingerprint density at radius 3 is 2.86 bits per heavy atom. The van der Waals surface area contributed by atoms with Crippen LogP contribution in [0.25, 0.3) is 0 Å². The lowest BCUT2D eigenvalue weighted by Crippen LogP contribution is -2.46. The second-order valence-electron chi connectivity index (χ2n) is 6.62. The number of hydrogen-bond donors (Lipinski definition) is 2. The van der Waals surface area contributed by atoms with Crippen LogP contribution in [0, 0.1) is 5.92 Å². The Labute approximate surface area is 129 Å². The summed E-state index contributed by atoms with van der Waals surface area (Å²) in [4.78, 5) is 2.41. The van der Waals surface area contributed by atoms with Crippen LogP contribution in [-0.2, 0) is 9.47 Å². The van der Waals surface area contributed by atoms with Gasteiger partial charge >= 0.3 is 0 Å². The molecule has 0 bridgehead atoms. The summed E-state index contributed by atoms with van der Waals surface area (Å²) in [6.45, 7) is 7.06. The number of piperidine rings is 1. The molecule has 0 spiro atoms. The van der Waals surface area contributed by atoms with Crippen LogP contribution in [-0.4, -0.2) is 74.8 Å². The Balaban J connectivity index is 1.66. The fourth-order valence-corrected chi connectivity index (χ4v) is 3.61. The van der Waals surface area contributed by atoms with Crippen LogP contribution in [0.3, 0.4) is 0 Å². The maximum atomic E-state index is 10.1. The van der Waals surface area contributed by atoms with Crippen molar-refractivity contribution < 1.29 is 14.6 Å². The van der Waals surface area contributed by atoms with Crippen LogP contribution in [0.2, 0.25) is 0 Å². The summed E-state index contributed by atoms with van der Waals surface area (Å²) in [6.07, 6.45) is 4.84. The van der Waals surface area contributed by atoms with E-state index in [1.165, 1.54) is 32.2 Å². The van der Waals surface area contributed by atoms with Crippen molar-refractivity contribution in [3.8, 4) is 0 Å². The number of rotatable bonds is 8. The first kappa shape index (κ1) is 17.2. The van der Waals surface area contributed by atoms with Gasteiger partial charge in [-0.25, -0.2) is 0 Å². The zero-order chi connectivity index (χ0) is 15.1. The molecule has 0 amide bonds. The van der Waals surface area contributed by atoms with E-state index >= 15 is 0 Å². The quantitative estimate of drug-likeness (QED) is 0.696. The van der Waals surface area contributed by atoms with Crippen LogP contribution in [0.15, 0.2) is 0 Å². The van der Waals surface area contributed by atoms with E-state index in [0.717, 1.165) is 25.6 Å². The van der Waals surface area contributed by atoms with Gasteiger partial charge in [0.05, 0.1) is 25.4 Å². The van der Waals surface area contributed by atoms with Gasteiger partial charge in [-0.2, -0.15) is 0 Å². The average molecular weight is 300 g/mol. The summed E-state index contributed by atoms with van der Waals surface area (Å²) in [6, 6.07) is 0.697. The van der Waals surface area contributed by atoms with Crippen LogP contribution in [0.4, 0.5) is 0 Å². The molecule has 4 atom stereocenters. The van der Waals surface area contributed by atoms with Crippen molar-refractivity contribution in [3.05, 3.63) is 0 Å². The Morgan fingerprint density at radius 1 is 1.29 bits per heavy atom. The third kappa shape index (κ3) is 5.83. The van der Waals surface area contributed by atoms with Gasteiger partial charge in [0.25, 0.3) is 0 Å². The van der Waals surface area contributed by atoms with Gasteiger partial charge < -0.3 is 24.8 Å². The number of methoxy groups -OCH3 is 1. The van der Waals surface area contributed by atoms with E-state index in [1.807, 2.05) is 6.92 Å². The molecular formula is C16H32N2O3. The van der Waals surface area contributed by atoms with Gasteiger partial charge in [0, 0.05) is 26.2 Å². The fourth-order valence-electron chi connectivity index (χ4n) is 3.61. The molecule has 2 aliphatic rings. The lowest BCUT2D eigenvalue weighted by molar-refractivity contribution is -0.0428. The Morgan fingerprint density at radius 2 is 2.14 bits per heavy atom. The van der Waals surface area contributed by atoms with E-state index in [9.17, 15) is 5.11 Å². The number of hydrogen-bond acceptors (Lipinski definition) is 5. The number of aliphatic hydroxyl groups is 1. The van der Waals surface area contributed by atoms with Gasteiger partial charge in [0.2, 0.25) is 0 Å². The highest BCUT2D eigenvalue weighted by molar-refractivity contribution is 4.86. The zero-order valence-electron chi connectivity index (χ0n) is 13.6. The van der Waals surface area contributed by atoms with Crippen molar-refractivity contribution in [3.63, 3.8) is 0 Å². The lowest BCUT2D eigenvalue weighted by Gasteiger charge is -2.36. The van der Waals surface area contributed by atoms with Gasteiger partial charge in [-0.05, 0) is 51.6 Å². The van der Waals surface area contributed by atoms with Crippen molar-refractivity contribution in [2.45, 2.75) is 50.9 Å². The molecule has 2 heterocycles. The summed E-state index contributed by atoms with van der Waals surface area (Å²) >= 11 is 0. The zero-order valence-corrected chi connectivity index (χ0v) is 13.6. The second kappa shape index (κ2) is 9.06. The molecule has 21 heavy (non-hydrogen) atoms. The summed E-state index contributed by atoms with van der Waals surface area (Å²) < 4.78 is 10.6. The second-order valence-corrected chi connectivity index (χ2v) is 6.62. The van der Waals surface area contributed by atoms with E-state index in [2.05, 4.69) is 10.2 Å². The van der Waals surface area contributed by atoms with Crippen molar-refractivity contribution in [2.75, 3.05) is 46.5 Å². The number of β-amino-alcohol motifs (C(OH)–C–C–N with tert-alkyl or cyclic N) is 1. The first-order chi connectivity index (χ1) is 10.2. The molecule has 2 fully saturated rings. The van der Waals surface area contributed by atoms with Crippen molar-refractivity contribution in [1.29, 1.82) is 0 Å². The maximum absolute atomic E-state index is 10.1. The van der Waals surface area contributed by atoms with Gasteiger partial charge in [-0.3, -0.25) is 0 Å². The summed E-state index contributed by atoms with van der Waals surface area (Å²) in [5, 5.41) is 13.8. The molecule has 124 valence electrons. The summed E-state index contributed by atoms with van der Waals surface area (Å²) in [5.41, 5.74) is 0. The van der Waals surface area contributed by atoms with Crippen molar-refractivity contribution in [1.82, 2.24) is 10.2 Å². The third-order valence-corrected chi connectivity index (χ3v) is 4.65. The number of nitrogens with zero attached hydrogens (tertiary/aromatic N) is 1. The number of likely N-dealkylation sites (tertiary alicyclic amines) is 1. The highest BCUT2D eigenvalue weighted by atomic mass is 16.5. The van der Waals surface area contributed by atoms with E-state index in [0.29, 0.717) is 19.3 Å². The Hall–Kier alpha value is -0.200. The predicted octanol–water partition coefficient (Wildman–Crippen LogP) is 0.863. The molecule has 2 rings (SSSR count). The van der Waals surface area contributed by atoms with Crippen LogP contribution >= 0.6 is 0 Å². The molecule has 0 aliphatic carbocycles. The molecule has 2 aliphatic heterocycles. The van der Waals surface area contributed by atoms with E-state index in [-0.39, 0.29) is 6.10 Å². The molecule has 0 saturated carbocycles. The number of aliphatic hydroxyl groups excluding tert-OH is 1. The molecule has 2 saturated heterocycles. The third-order valence-electron chi connectivity index (χ3n) is 4.65. The molecule has 5 heteroatoms. The molecule has 5 nitrogen and oxygen atoms in total. The maximum Gasteiger partial charge on any atom is 0.0900 e. The molecule has 0 aromatic carbocycles. The van der Waals surface area contributed by atoms with E-state index in [1.54, 1.807) is 7.11 Å². The standard InChI is InChI=1S/C16H32N2O3/c1-13(11-20-2)21-12-15(19)10-18-8-4-5-14(9-18)16-6-3-7-17-16/h13-17,19H,3-12H2,1-2H3. The first-order valence-corrected chi connectivity index (χ1v) is 8.43. The smallest absolute Gasteiger partial charge is 0.0900 e. The minimum atomic E-state index is -0.403. The monoisotopic (exact) mass is 300 g/mol. The van der Waals surface area contributed by atoms with Crippen LogP contribution < -0.4 is 5.32 Å². The number of nitrogens with one attached hydrogen (secondary N) is 1. The topological polar surface area (TPSA) is 54.0 Å². The van der Waals surface area contributed by atoms with Crippen LogP contribution in [0.1, 0.15) is 32.6 Å². The Bertz CT molecular complexity index is 285. The predicted molar refractivity (Wildman–Crippen MR) is 83.5 cm³/mol. The fraction of sp³-hybridized carbons (Fsp3) is 1.00. The van der Waals surface area contributed by atoms with E-state index in [4.69, 9.17) is 9.47 Å². The van der Waals surface area contributed by atoms with Gasteiger partial charge in [-0.15, -0.1) is 0 Å². The summed E-state index contributed by atoms with van der Waals surface area (Å²) in [7, 11) is 1.67. The van der Waals surface area contributed by atoms with Gasteiger partial charge in [0.1, 0.15) is 0 Å². The van der Waals surface area contributed by atoms with E-state index < -0.39 is 6.10 Å². The highest BCUT2D eigenvalue weighted by Gasteiger charge is 2.29. The minimum absolute atomic E-state index is 0.0430. The molecule has 0 aromatic heterocycles. The minimum Gasteiger partial charge on any atom is -0.389 e. The van der Waals surface area contributed by atoms with Crippen molar-refractivity contribution >= 4 is 0 Å². The van der Waals surface area contributed by atoms with Crippen LogP contribution in [0.5, 0.6) is 0 Å². The molecule has 4 unspecified atom stereocenters. The number of ether oxygens (including phenoxy) is 2. The van der Waals surface area contributed by atoms with Gasteiger partial charge in [-0.1, -0.05) is 0 Å². The SMILES string of the molecule is COCC(C)OCC(O)CN1CCCC(C2CCCN2)C1. The highest BCUT2D eigenvalue weighted by Crippen LogP contribution is 2.24. The normalized spacial score (nSPS) is 30.4. The van der Waals surface area contributed by atoms with Crippen molar-refractivity contribution in [2.24, 2.45) is 5.92 Å². The molecule has 2 N–H and O–H groups in total. The largest absolute Gasteiger partial charge is 0.389 e. The summed E-state index contributed by atoms with van der Waals surface area (Å²) in [5.74, 6) is 0.752. The van der Waals surface area contributed by atoms with Gasteiger partial charge in [0.15, 0.2) is 0 Å². The molecule has 0 aromatic rings.